The number of rotatable bonds is 0. The molecule has 5 heteroatoms. The predicted molar refractivity (Wildman–Crippen MR) is 67.1 cm³/mol. The lowest BCUT2D eigenvalue weighted by Gasteiger charge is -2.43. The fourth-order valence-electron chi connectivity index (χ4n) is 3.78. The van der Waals surface area contributed by atoms with E-state index in [-0.39, 0.29) is 11.3 Å². The SMILES string of the molecule is CC1=NCCNC12C[C@](C)(O)[C@]1(C)NCCN21. The maximum absolute atomic E-state index is 10.8. The summed E-state index contributed by atoms with van der Waals surface area (Å²) in [5, 5.41) is 17.8. The molecule has 0 saturated carbocycles. The van der Waals surface area contributed by atoms with Crippen molar-refractivity contribution in [2.45, 2.75) is 44.1 Å². The van der Waals surface area contributed by atoms with Crippen LogP contribution in [0.2, 0.25) is 0 Å². The van der Waals surface area contributed by atoms with Crippen molar-refractivity contribution in [2.24, 2.45) is 4.99 Å². The molecule has 0 aliphatic carbocycles. The van der Waals surface area contributed by atoms with Crippen LogP contribution >= 0.6 is 0 Å². The van der Waals surface area contributed by atoms with E-state index in [1.54, 1.807) is 0 Å². The van der Waals surface area contributed by atoms with Crippen LogP contribution in [0.1, 0.15) is 27.2 Å². The van der Waals surface area contributed by atoms with Crippen LogP contribution in [0.4, 0.5) is 0 Å². The van der Waals surface area contributed by atoms with Crippen molar-refractivity contribution in [1.29, 1.82) is 0 Å². The first-order valence-electron chi connectivity index (χ1n) is 6.44. The summed E-state index contributed by atoms with van der Waals surface area (Å²) in [5.41, 5.74) is -0.241. The van der Waals surface area contributed by atoms with Crippen LogP contribution in [-0.4, -0.2) is 58.8 Å². The van der Waals surface area contributed by atoms with E-state index >= 15 is 0 Å². The summed E-state index contributed by atoms with van der Waals surface area (Å²) in [5.74, 6) is 0. The van der Waals surface area contributed by atoms with Gasteiger partial charge in [-0.2, -0.15) is 0 Å². The van der Waals surface area contributed by atoms with Gasteiger partial charge in [-0.1, -0.05) is 0 Å². The molecule has 5 nitrogen and oxygen atoms in total. The van der Waals surface area contributed by atoms with E-state index in [1.165, 1.54) is 0 Å². The van der Waals surface area contributed by atoms with E-state index in [1.807, 2.05) is 6.92 Å². The first kappa shape index (κ1) is 11.6. The lowest BCUT2D eigenvalue weighted by molar-refractivity contribution is -0.0388. The van der Waals surface area contributed by atoms with E-state index in [4.69, 9.17) is 0 Å². The molecule has 2 saturated heterocycles. The van der Waals surface area contributed by atoms with Gasteiger partial charge in [0, 0.05) is 31.8 Å². The summed E-state index contributed by atoms with van der Waals surface area (Å²) in [7, 11) is 0. The molecule has 3 N–H and O–H groups in total. The third-order valence-electron chi connectivity index (χ3n) is 4.93. The zero-order valence-corrected chi connectivity index (χ0v) is 10.9. The van der Waals surface area contributed by atoms with E-state index in [0.717, 1.165) is 31.9 Å². The number of fused-ring (bicyclic) bond motifs is 2. The van der Waals surface area contributed by atoms with Gasteiger partial charge in [-0.15, -0.1) is 0 Å². The Hall–Kier alpha value is -0.490. The van der Waals surface area contributed by atoms with Crippen LogP contribution in [0.3, 0.4) is 0 Å². The predicted octanol–water partition coefficient (Wildman–Crippen LogP) is -0.477. The topological polar surface area (TPSA) is 59.9 Å². The molecular weight excluding hydrogens is 216 g/mol. The zero-order valence-electron chi connectivity index (χ0n) is 10.9. The Morgan fingerprint density at radius 2 is 2.06 bits per heavy atom. The molecule has 0 aromatic rings. The molecule has 0 amide bonds. The van der Waals surface area contributed by atoms with Crippen molar-refractivity contribution in [3.8, 4) is 0 Å². The van der Waals surface area contributed by atoms with Crippen LogP contribution < -0.4 is 10.6 Å². The molecule has 17 heavy (non-hydrogen) atoms. The fraction of sp³-hybridized carbons (Fsp3) is 0.917. The van der Waals surface area contributed by atoms with Crippen LogP contribution in [0.5, 0.6) is 0 Å². The van der Waals surface area contributed by atoms with Crippen molar-refractivity contribution >= 4 is 5.71 Å². The van der Waals surface area contributed by atoms with Gasteiger partial charge < -0.3 is 5.11 Å². The highest BCUT2D eigenvalue weighted by Crippen LogP contribution is 2.47. The van der Waals surface area contributed by atoms with Crippen LogP contribution in [-0.2, 0) is 0 Å². The molecule has 0 aromatic heterocycles. The Kier molecular flexibility index (Phi) is 2.24. The number of nitrogens with one attached hydrogen (secondary N) is 2. The summed E-state index contributed by atoms with van der Waals surface area (Å²) in [4.78, 5) is 6.95. The maximum Gasteiger partial charge on any atom is 0.115 e. The minimum Gasteiger partial charge on any atom is -0.387 e. The average molecular weight is 238 g/mol. The monoisotopic (exact) mass is 238 g/mol. The number of aliphatic imine (C=N–C) groups is 1. The zero-order chi connectivity index (χ0) is 12.3. The second kappa shape index (κ2) is 3.29. The van der Waals surface area contributed by atoms with Gasteiger partial charge in [0.2, 0.25) is 0 Å². The molecule has 3 rings (SSSR count). The Bertz CT molecular complexity index is 381. The highest BCUT2D eigenvalue weighted by molar-refractivity contribution is 5.92. The summed E-state index contributed by atoms with van der Waals surface area (Å²) < 4.78 is 0. The second-order valence-electron chi connectivity index (χ2n) is 5.86. The second-order valence-corrected chi connectivity index (χ2v) is 5.86. The molecule has 0 radical (unpaired) electrons. The van der Waals surface area contributed by atoms with Gasteiger partial charge in [-0.25, -0.2) is 0 Å². The van der Waals surface area contributed by atoms with Crippen molar-refractivity contribution in [2.75, 3.05) is 26.2 Å². The van der Waals surface area contributed by atoms with Gasteiger partial charge in [0.05, 0.1) is 17.8 Å². The largest absolute Gasteiger partial charge is 0.387 e. The molecule has 3 heterocycles. The Morgan fingerprint density at radius 3 is 2.76 bits per heavy atom. The molecule has 0 aromatic carbocycles. The lowest BCUT2D eigenvalue weighted by Crippen LogP contribution is -2.66. The molecule has 3 aliphatic rings. The number of nitrogens with zero attached hydrogens (tertiary/aromatic N) is 2. The van der Waals surface area contributed by atoms with E-state index in [9.17, 15) is 5.11 Å². The molecule has 1 spiro atoms. The van der Waals surface area contributed by atoms with Crippen LogP contribution in [0.25, 0.3) is 0 Å². The van der Waals surface area contributed by atoms with Crippen molar-refractivity contribution in [3.63, 3.8) is 0 Å². The molecule has 3 atom stereocenters. The summed E-state index contributed by atoms with van der Waals surface area (Å²) >= 11 is 0. The average Bonchev–Trinajstić information content (AvgIpc) is 2.71. The molecule has 96 valence electrons. The quantitative estimate of drug-likeness (QED) is 0.534. The van der Waals surface area contributed by atoms with Crippen molar-refractivity contribution in [1.82, 2.24) is 15.5 Å². The van der Waals surface area contributed by atoms with Crippen molar-refractivity contribution < 1.29 is 5.11 Å². The third-order valence-corrected chi connectivity index (χ3v) is 4.93. The van der Waals surface area contributed by atoms with Gasteiger partial charge in [-0.3, -0.25) is 20.5 Å². The number of hydrogen-bond acceptors (Lipinski definition) is 5. The van der Waals surface area contributed by atoms with E-state index in [2.05, 4.69) is 34.4 Å². The number of hydrogen-bond donors (Lipinski definition) is 3. The highest BCUT2D eigenvalue weighted by Gasteiger charge is 2.66. The van der Waals surface area contributed by atoms with E-state index < -0.39 is 5.60 Å². The minimum atomic E-state index is -0.745. The maximum atomic E-state index is 10.8. The van der Waals surface area contributed by atoms with Gasteiger partial charge in [-0.05, 0) is 20.8 Å². The molecule has 2 fully saturated rings. The molecular formula is C12H22N4O. The van der Waals surface area contributed by atoms with Crippen molar-refractivity contribution in [3.05, 3.63) is 0 Å². The smallest absolute Gasteiger partial charge is 0.115 e. The fourth-order valence-corrected chi connectivity index (χ4v) is 3.78. The van der Waals surface area contributed by atoms with Crippen LogP contribution in [0.15, 0.2) is 4.99 Å². The summed E-state index contributed by atoms with van der Waals surface area (Å²) in [6.07, 6.45) is 0.693. The van der Waals surface area contributed by atoms with Gasteiger partial charge in [0.15, 0.2) is 0 Å². The number of aliphatic hydroxyl groups is 1. The Morgan fingerprint density at radius 1 is 1.29 bits per heavy atom. The Balaban J connectivity index is 2.09. The third kappa shape index (κ3) is 1.25. The lowest BCUT2D eigenvalue weighted by atomic mass is 9.88. The summed E-state index contributed by atoms with van der Waals surface area (Å²) in [6, 6.07) is 0. The van der Waals surface area contributed by atoms with Gasteiger partial charge >= 0.3 is 0 Å². The Labute approximate surface area is 102 Å². The normalized spacial score (nSPS) is 50.7. The standard InChI is InChI=1S/C12H22N4O/c1-9-12(15-5-4-13-9)8-10(2,17)11(3)14-6-7-16(11)12/h14-15,17H,4-8H2,1-3H3/t10-,11+,12?/m0/s1. The first-order chi connectivity index (χ1) is 7.92. The molecule has 3 aliphatic heterocycles. The van der Waals surface area contributed by atoms with Gasteiger partial charge in [0.1, 0.15) is 5.66 Å². The van der Waals surface area contributed by atoms with E-state index in [0.29, 0.717) is 6.42 Å². The first-order valence-corrected chi connectivity index (χ1v) is 6.44. The van der Waals surface area contributed by atoms with Crippen LogP contribution in [0, 0.1) is 0 Å². The molecule has 1 unspecified atom stereocenters. The van der Waals surface area contributed by atoms with Gasteiger partial charge in [0.25, 0.3) is 0 Å². The highest BCUT2D eigenvalue weighted by atomic mass is 16.3. The minimum absolute atomic E-state index is 0.250. The molecule has 0 bridgehead atoms. The summed E-state index contributed by atoms with van der Waals surface area (Å²) in [6.45, 7) is 9.70.